The van der Waals surface area contributed by atoms with Crippen LogP contribution in [-0.2, 0) is 0 Å². The first kappa shape index (κ1) is 5.43. The van der Waals surface area contributed by atoms with Crippen molar-refractivity contribution < 1.29 is 4.92 Å². The Hall–Kier alpha value is -0.570. The Bertz CT molecular complexity index is 79.6. The summed E-state index contributed by atoms with van der Waals surface area (Å²) in [6.45, 7) is 0. The molecule has 0 spiro atoms. The molecule has 0 rings (SSSR count). The molecule has 0 radical (unpaired) electrons. The van der Waals surface area contributed by atoms with E-state index in [4.69, 9.17) is 11.6 Å². The molecule has 0 saturated carbocycles. The molecular formula is C2H2ClNO2. The molecule has 0 aromatic rings. The molecule has 0 fully saturated rings. The van der Waals surface area contributed by atoms with Crippen molar-refractivity contribution in [2.45, 2.75) is 0 Å². The summed E-state index contributed by atoms with van der Waals surface area (Å²) in [7, 11) is 0. The summed E-state index contributed by atoms with van der Waals surface area (Å²) >= 11 is 4.77. The quantitative estimate of drug-likeness (QED) is 0.370. The number of nitro groups is 1. The van der Waals surface area contributed by atoms with Crippen molar-refractivity contribution >= 4 is 11.6 Å². The summed E-state index contributed by atoms with van der Waals surface area (Å²) in [5.74, 6) is 0. The number of hydrogen-bond donors (Lipinski definition) is 0. The SMILES string of the molecule is O=[N+]([O-])/C=C/Cl. The van der Waals surface area contributed by atoms with Crippen LogP contribution in [-0.4, -0.2) is 4.92 Å². The number of rotatable bonds is 1. The first-order valence-electron chi connectivity index (χ1n) is 1.17. The third-order valence-electron chi connectivity index (χ3n) is 0.178. The fraction of sp³-hybridized carbons (Fsp3) is 0. The molecule has 0 atom stereocenters. The van der Waals surface area contributed by atoms with E-state index < -0.39 is 4.92 Å². The maximum Gasteiger partial charge on any atom is 0.245 e. The molecule has 0 unspecified atom stereocenters. The van der Waals surface area contributed by atoms with E-state index in [2.05, 4.69) is 0 Å². The van der Waals surface area contributed by atoms with Crippen LogP contribution in [0.3, 0.4) is 0 Å². The Morgan fingerprint density at radius 1 is 1.83 bits per heavy atom. The molecule has 0 amide bonds. The Morgan fingerprint density at radius 2 is 2.33 bits per heavy atom. The molecule has 0 bridgehead atoms. The van der Waals surface area contributed by atoms with Gasteiger partial charge in [0, 0.05) is 0 Å². The lowest BCUT2D eigenvalue weighted by atomic mass is 11.1. The summed E-state index contributed by atoms with van der Waals surface area (Å²) < 4.78 is 0. The molecule has 0 aromatic carbocycles. The fourth-order valence-corrected chi connectivity index (χ4v) is 0.138. The highest BCUT2D eigenvalue weighted by Gasteiger charge is 1.75. The summed E-state index contributed by atoms with van der Waals surface area (Å²) in [5.41, 5.74) is 0.847. The summed E-state index contributed by atoms with van der Waals surface area (Å²) in [6.07, 6.45) is 0.654. The predicted molar refractivity (Wildman–Crippen MR) is 22.0 cm³/mol. The van der Waals surface area contributed by atoms with Gasteiger partial charge in [0.25, 0.3) is 0 Å². The molecule has 0 N–H and O–H groups in total. The Balaban J connectivity index is 3.30. The van der Waals surface area contributed by atoms with Crippen LogP contribution in [0.5, 0.6) is 0 Å². The van der Waals surface area contributed by atoms with E-state index in [0.29, 0.717) is 6.20 Å². The van der Waals surface area contributed by atoms with E-state index in [0.717, 1.165) is 5.54 Å². The van der Waals surface area contributed by atoms with Crippen LogP contribution in [0.4, 0.5) is 0 Å². The predicted octanol–water partition coefficient (Wildman–Crippen LogP) is 0.973. The maximum absolute atomic E-state index is 9.23. The minimum Gasteiger partial charge on any atom is -0.259 e. The third-order valence-corrected chi connectivity index (χ3v) is 0.291. The topological polar surface area (TPSA) is 43.1 Å². The van der Waals surface area contributed by atoms with E-state index in [1.54, 1.807) is 0 Å². The van der Waals surface area contributed by atoms with Gasteiger partial charge in [-0.3, -0.25) is 10.1 Å². The number of hydrogen-bond acceptors (Lipinski definition) is 2. The fourth-order valence-electron chi connectivity index (χ4n) is 0.0460. The van der Waals surface area contributed by atoms with Crippen molar-refractivity contribution in [3.63, 3.8) is 0 Å². The van der Waals surface area contributed by atoms with Crippen molar-refractivity contribution in [1.82, 2.24) is 0 Å². The minimum atomic E-state index is -0.632. The zero-order valence-corrected chi connectivity index (χ0v) is 3.55. The first-order chi connectivity index (χ1) is 2.77. The van der Waals surface area contributed by atoms with Crippen LogP contribution in [0.2, 0.25) is 0 Å². The van der Waals surface area contributed by atoms with Crippen LogP contribution >= 0.6 is 11.6 Å². The highest BCUT2D eigenvalue weighted by atomic mass is 35.5. The molecule has 0 aliphatic carbocycles. The number of nitrogens with zero attached hydrogens (tertiary/aromatic N) is 1. The normalized spacial score (nSPS) is 9.50. The van der Waals surface area contributed by atoms with Gasteiger partial charge in [0.05, 0.1) is 10.5 Å². The van der Waals surface area contributed by atoms with E-state index in [9.17, 15) is 10.1 Å². The molecule has 3 nitrogen and oxygen atoms in total. The van der Waals surface area contributed by atoms with E-state index in [1.165, 1.54) is 0 Å². The second-order valence-electron chi connectivity index (χ2n) is 0.560. The Kier molecular flexibility index (Phi) is 2.40. The average molecular weight is 107 g/mol. The summed E-state index contributed by atoms with van der Waals surface area (Å²) in [4.78, 5) is 8.60. The van der Waals surface area contributed by atoms with E-state index >= 15 is 0 Å². The highest BCUT2D eigenvalue weighted by Crippen LogP contribution is 1.75. The molecule has 0 saturated heterocycles. The van der Waals surface area contributed by atoms with Gasteiger partial charge in [-0.2, -0.15) is 0 Å². The molecule has 0 aliphatic rings. The highest BCUT2D eigenvalue weighted by molar-refractivity contribution is 6.25. The smallest absolute Gasteiger partial charge is 0.245 e. The zero-order valence-electron chi connectivity index (χ0n) is 2.80. The van der Waals surface area contributed by atoms with E-state index in [-0.39, 0.29) is 0 Å². The van der Waals surface area contributed by atoms with Gasteiger partial charge >= 0.3 is 0 Å². The van der Waals surface area contributed by atoms with Gasteiger partial charge in [-0.1, -0.05) is 11.6 Å². The van der Waals surface area contributed by atoms with Crippen LogP contribution in [0.1, 0.15) is 0 Å². The molecule has 6 heavy (non-hydrogen) atoms. The van der Waals surface area contributed by atoms with Crippen LogP contribution in [0.25, 0.3) is 0 Å². The lowest BCUT2D eigenvalue weighted by Gasteiger charge is -1.68. The van der Waals surface area contributed by atoms with Crippen molar-refractivity contribution in [3.05, 3.63) is 21.8 Å². The zero-order chi connectivity index (χ0) is 4.99. The standard InChI is InChI=1S/C2H2ClNO2/c3-1-2-4(5)6/h1-2H/b2-1+. The van der Waals surface area contributed by atoms with Crippen molar-refractivity contribution in [3.8, 4) is 0 Å². The van der Waals surface area contributed by atoms with Crippen molar-refractivity contribution in [2.75, 3.05) is 0 Å². The molecule has 0 aromatic heterocycles. The van der Waals surface area contributed by atoms with E-state index in [1.807, 2.05) is 0 Å². The van der Waals surface area contributed by atoms with Crippen LogP contribution in [0, 0.1) is 10.1 Å². The minimum absolute atomic E-state index is 0.632. The van der Waals surface area contributed by atoms with Gasteiger partial charge in [0.15, 0.2) is 0 Å². The third kappa shape index (κ3) is 3.43. The van der Waals surface area contributed by atoms with Crippen LogP contribution < -0.4 is 0 Å². The lowest BCUT2D eigenvalue weighted by molar-refractivity contribution is -0.402. The van der Waals surface area contributed by atoms with Gasteiger partial charge in [-0.25, -0.2) is 0 Å². The maximum atomic E-state index is 9.23. The largest absolute Gasteiger partial charge is 0.259 e. The first-order valence-corrected chi connectivity index (χ1v) is 1.61. The van der Waals surface area contributed by atoms with Crippen LogP contribution in [0.15, 0.2) is 11.7 Å². The Morgan fingerprint density at radius 3 is 2.33 bits per heavy atom. The van der Waals surface area contributed by atoms with Gasteiger partial charge in [0.1, 0.15) is 0 Å². The monoisotopic (exact) mass is 107 g/mol. The van der Waals surface area contributed by atoms with Gasteiger partial charge < -0.3 is 0 Å². The molecule has 4 heteroatoms. The van der Waals surface area contributed by atoms with Crippen molar-refractivity contribution in [2.24, 2.45) is 0 Å². The average Bonchev–Trinajstić information content (AvgIpc) is 1.35. The second kappa shape index (κ2) is 2.66. The van der Waals surface area contributed by atoms with Gasteiger partial charge in [0.2, 0.25) is 6.20 Å². The number of halogens is 1. The second-order valence-corrected chi connectivity index (χ2v) is 0.812. The van der Waals surface area contributed by atoms with Gasteiger partial charge in [-0.15, -0.1) is 0 Å². The van der Waals surface area contributed by atoms with Crippen molar-refractivity contribution in [1.29, 1.82) is 0 Å². The molecule has 0 aliphatic heterocycles. The molecule has 34 valence electrons. The lowest BCUT2D eigenvalue weighted by Crippen LogP contribution is -1.78. The Labute approximate surface area is 39.4 Å². The molecular weight excluding hydrogens is 105 g/mol. The summed E-state index contributed by atoms with van der Waals surface area (Å²) in [5, 5.41) is 9.23. The van der Waals surface area contributed by atoms with Gasteiger partial charge in [-0.05, 0) is 0 Å². The summed E-state index contributed by atoms with van der Waals surface area (Å²) in [6, 6.07) is 0. The molecule has 0 heterocycles.